The molecule has 0 saturated carbocycles. The van der Waals surface area contributed by atoms with Crippen LogP contribution in [0.2, 0.25) is 5.02 Å². The highest BCUT2D eigenvalue weighted by atomic mass is 35.5. The number of amides is 2. The normalized spacial score (nSPS) is 11.9. The van der Waals surface area contributed by atoms with Crippen LogP contribution in [-0.2, 0) is 26.2 Å². The van der Waals surface area contributed by atoms with Crippen LogP contribution in [-0.4, -0.2) is 50.9 Å². The van der Waals surface area contributed by atoms with Gasteiger partial charge in [0.15, 0.2) is 0 Å². The van der Waals surface area contributed by atoms with E-state index in [0.717, 1.165) is 28.6 Å². The summed E-state index contributed by atoms with van der Waals surface area (Å²) in [5.41, 5.74) is 0.811. The number of anilines is 1. The molecule has 0 aliphatic carbocycles. The second kappa shape index (κ2) is 14.8. The van der Waals surface area contributed by atoms with E-state index in [0.29, 0.717) is 42.3 Å². The molecule has 3 rings (SSSR count). The molecule has 0 spiro atoms. The van der Waals surface area contributed by atoms with Gasteiger partial charge in [-0.15, -0.1) is 0 Å². The lowest BCUT2D eigenvalue weighted by Crippen LogP contribution is -2.52. The first kappa shape index (κ1) is 31.9. The average molecular weight is 604 g/mol. The zero-order valence-electron chi connectivity index (χ0n) is 23.3. The molecule has 11 heteroatoms. The van der Waals surface area contributed by atoms with Gasteiger partial charge >= 0.3 is 0 Å². The molecule has 2 amide bonds. The zero-order valence-corrected chi connectivity index (χ0v) is 24.9. The fraction of sp³-hybridized carbons (Fsp3) is 0.333. The van der Waals surface area contributed by atoms with E-state index in [2.05, 4.69) is 5.32 Å². The number of benzene rings is 3. The highest BCUT2D eigenvalue weighted by molar-refractivity contribution is 7.92. The monoisotopic (exact) mass is 603 g/mol. The van der Waals surface area contributed by atoms with Crippen molar-refractivity contribution in [2.75, 3.05) is 24.0 Å². The molecule has 0 heterocycles. The van der Waals surface area contributed by atoms with Crippen molar-refractivity contribution in [3.05, 3.63) is 89.2 Å². The molecule has 0 aliphatic heterocycles. The van der Waals surface area contributed by atoms with Crippen molar-refractivity contribution >= 4 is 39.1 Å². The number of nitrogens with one attached hydrogen (secondary N) is 1. The third-order valence-electron chi connectivity index (χ3n) is 6.35. The van der Waals surface area contributed by atoms with E-state index >= 15 is 0 Å². The Bertz CT molecular complexity index is 1420. The smallest absolute Gasteiger partial charge is 0.264 e. The van der Waals surface area contributed by atoms with E-state index in [9.17, 15) is 22.4 Å². The first-order valence-electron chi connectivity index (χ1n) is 13.4. The van der Waals surface area contributed by atoms with E-state index in [1.165, 1.54) is 17.0 Å². The Morgan fingerprint density at radius 1 is 0.976 bits per heavy atom. The molecule has 0 radical (unpaired) electrons. The van der Waals surface area contributed by atoms with E-state index in [1.807, 2.05) is 13.8 Å². The first-order valence-corrected chi connectivity index (χ1v) is 15.3. The SMILES string of the molecule is CCCNC(=O)C(CC)N(Cc1ccccc1Cl)C(=O)CN(c1ccc(OCC)cc1)S(=O)(=O)c1ccc(F)cc1. The van der Waals surface area contributed by atoms with Gasteiger partial charge in [0.2, 0.25) is 11.8 Å². The van der Waals surface area contributed by atoms with Crippen molar-refractivity contribution in [3.8, 4) is 5.75 Å². The Kier molecular flexibility index (Phi) is 11.5. The van der Waals surface area contributed by atoms with Crippen LogP contribution in [0, 0.1) is 5.82 Å². The Labute approximate surface area is 246 Å². The van der Waals surface area contributed by atoms with Crippen molar-refractivity contribution in [2.24, 2.45) is 0 Å². The number of nitrogens with zero attached hydrogens (tertiary/aromatic N) is 2. The molecule has 0 bridgehead atoms. The number of rotatable bonds is 14. The summed E-state index contributed by atoms with van der Waals surface area (Å²) in [6.45, 7) is 5.75. The van der Waals surface area contributed by atoms with Gasteiger partial charge in [-0.3, -0.25) is 13.9 Å². The lowest BCUT2D eigenvalue weighted by Gasteiger charge is -2.33. The molecule has 1 unspecified atom stereocenters. The number of ether oxygens (including phenoxy) is 1. The predicted molar refractivity (Wildman–Crippen MR) is 158 cm³/mol. The molecular formula is C30H35ClFN3O5S. The van der Waals surface area contributed by atoms with Crippen molar-refractivity contribution < 1.29 is 27.1 Å². The van der Waals surface area contributed by atoms with Gasteiger partial charge in [0, 0.05) is 18.1 Å². The Morgan fingerprint density at radius 2 is 1.63 bits per heavy atom. The molecule has 0 saturated heterocycles. The summed E-state index contributed by atoms with van der Waals surface area (Å²) in [6.07, 6.45) is 1.00. The van der Waals surface area contributed by atoms with Crippen LogP contribution < -0.4 is 14.4 Å². The van der Waals surface area contributed by atoms with Crippen LogP contribution in [0.25, 0.3) is 0 Å². The summed E-state index contributed by atoms with van der Waals surface area (Å²) in [6, 6.07) is 16.7. The van der Waals surface area contributed by atoms with Gasteiger partial charge in [0.05, 0.1) is 17.2 Å². The van der Waals surface area contributed by atoms with Crippen molar-refractivity contribution in [1.29, 1.82) is 0 Å². The first-order chi connectivity index (χ1) is 19.6. The molecule has 8 nitrogen and oxygen atoms in total. The molecular weight excluding hydrogens is 569 g/mol. The maximum absolute atomic E-state index is 14.0. The second-order valence-electron chi connectivity index (χ2n) is 9.22. The molecule has 3 aromatic rings. The maximum Gasteiger partial charge on any atom is 0.264 e. The van der Waals surface area contributed by atoms with Gasteiger partial charge in [0.1, 0.15) is 24.2 Å². The fourth-order valence-corrected chi connectivity index (χ4v) is 5.84. The van der Waals surface area contributed by atoms with Gasteiger partial charge < -0.3 is 15.0 Å². The van der Waals surface area contributed by atoms with Gasteiger partial charge in [-0.05, 0) is 79.9 Å². The number of halogens is 2. The minimum absolute atomic E-state index is 0.00965. The Hall–Kier alpha value is -3.63. The standard InChI is InChI=1S/C30H35ClFN3O5S/c1-4-19-33-30(37)28(5-2)34(20-22-9-7-8-10-27(22)31)29(36)21-35(24-13-15-25(16-14-24)40-6-3)41(38,39)26-17-11-23(32)12-18-26/h7-18,28H,4-6,19-21H2,1-3H3,(H,33,37). The van der Waals surface area contributed by atoms with Gasteiger partial charge in [-0.25, -0.2) is 12.8 Å². The van der Waals surface area contributed by atoms with E-state index in [1.54, 1.807) is 43.3 Å². The van der Waals surface area contributed by atoms with Crippen LogP contribution in [0.1, 0.15) is 39.2 Å². The van der Waals surface area contributed by atoms with Gasteiger partial charge in [-0.2, -0.15) is 0 Å². The lowest BCUT2D eigenvalue weighted by atomic mass is 10.1. The highest BCUT2D eigenvalue weighted by Crippen LogP contribution is 2.27. The fourth-order valence-electron chi connectivity index (χ4n) is 4.23. The number of hydrogen-bond donors (Lipinski definition) is 1. The zero-order chi connectivity index (χ0) is 30.0. The summed E-state index contributed by atoms with van der Waals surface area (Å²) in [5, 5.41) is 3.25. The van der Waals surface area contributed by atoms with Crippen molar-refractivity contribution in [3.63, 3.8) is 0 Å². The average Bonchev–Trinajstić information content (AvgIpc) is 2.96. The molecule has 41 heavy (non-hydrogen) atoms. The highest BCUT2D eigenvalue weighted by Gasteiger charge is 2.34. The predicted octanol–water partition coefficient (Wildman–Crippen LogP) is 5.41. The number of carbonyl (C=O) groups excluding carboxylic acids is 2. The van der Waals surface area contributed by atoms with E-state index in [4.69, 9.17) is 16.3 Å². The van der Waals surface area contributed by atoms with Crippen LogP contribution in [0.15, 0.2) is 77.7 Å². The topological polar surface area (TPSA) is 96.0 Å². The van der Waals surface area contributed by atoms with Gasteiger partial charge in [0.25, 0.3) is 10.0 Å². The van der Waals surface area contributed by atoms with Gasteiger partial charge in [-0.1, -0.05) is 43.6 Å². The Morgan fingerprint density at radius 3 is 2.22 bits per heavy atom. The van der Waals surface area contributed by atoms with E-state index < -0.39 is 34.3 Å². The summed E-state index contributed by atoms with van der Waals surface area (Å²) in [4.78, 5) is 28.3. The molecule has 3 aromatic carbocycles. The summed E-state index contributed by atoms with van der Waals surface area (Å²) in [7, 11) is -4.32. The number of sulfonamides is 1. The minimum Gasteiger partial charge on any atom is -0.494 e. The summed E-state index contributed by atoms with van der Waals surface area (Å²) in [5.74, 6) is -1.02. The minimum atomic E-state index is -4.32. The van der Waals surface area contributed by atoms with E-state index in [-0.39, 0.29) is 23.0 Å². The summed E-state index contributed by atoms with van der Waals surface area (Å²) >= 11 is 6.40. The third kappa shape index (κ3) is 8.20. The third-order valence-corrected chi connectivity index (χ3v) is 8.51. The molecule has 1 atom stereocenters. The summed E-state index contributed by atoms with van der Waals surface area (Å²) < 4.78 is 47.8. The maximum atomic E-state index is 14.0. The molecule has 1 N–H and O–H groups in total. The van der Waals surface area contributed by atoms with Crippen LogP contribution >= 0.6 is 11.6 Å². The molecule has 0 fully saturated rings. The number of hydrogen-bond acceptors (Lipinski definition) is 5. The quantitative estimate of drug-likeness (QED) is 0.266. The number of carbonyl (C=O) groups is 2. The van der Waals surface area contributed by atoms with Crippen LogP contribution in [0.5, 0.6) is 5.75 Å². The van der Waals surface area contributed by atoms with Crippen LogP contribution in [0.4, 0.5) is 10.1 Å². The van der Waals surface area contributed by atoms with Crippen LogP contribution in [0.3, 0.4) is 0 Å². The Balaban J connectivity index is 2.06. The molecule has 0 aliphatic rings. The largest absolute Gasteiger partial charge is 0.494 e. The molecule has 0 aromatic heterocycles. The lowest BCUT2D eigenvalue weighted by molar-refractivity contribution is -0.140. The second-order valence-corrected chi connectivity index (χ2v) is 11.5. The van der Waals surface area contributed by atoms with Crippen molar-refractivity contribution in [1.82, 2.24) is 10.2 Å². The molecule has 220 valence electrons. The van der Waals surface area contributed by atoms with Crippen molar-refractivity contribution in [2.45, 2.75) is 51.1 Å².